The van der Waals surface area contributed by atoms with Crippen LogP contribution in [0.15, 0.2) is 0 Å². The van der Waals surface area contributed by atoms with Gasteiger partial charge in [0.15, 0.2) is 0 Å². The van der Waals surface area contributed by atoms with E-state index in [1.165, 1.54) is 58.0 Å². The lowest BCUT2D eigenvalue weighted by atomic mass is 9.91. The smallest absolute Gasteiger partial charge is 0.106 e. The molecule has 2 fully saturated rings. The summed E-state index contributed by atoms with van der Waals surface area (Å²) in [7, 11) is 0. The number of nitriles is 1. The molecular formula is C18H33N3. The Labute approximate surface area is 131 Å². The SMILES string of the molecule is CCC1CCCCCN1CCCC(C#N)(CC)NC1CC1. The summed E-state index contributed by atoms with van der Waals surface area (Å²) in [6, 6.07) is 3.98. The van der Waals surface area contributed by atoms with E-state index in [-0.39, 0.29) is 5.54 Å². The zero-order valence-corrected chi connectivity index (χ0v) is 14.0. The first kappa shape index (κ1) is 16.8. The van der Waals surface area contributed by atoms with Crippen molar-refractivity contribution in [1.82, 2.24) is 10.2 Å². The first-order chi connectivity index (χ1) is 10.2. The standard InChI is InChI=1S/C18H33N3/c1-3-17-9-6-5-7-13-21(17)14-8-12-18(4-2,15-19)20-16-10-11-16/h16-17,20H,3-14H2,1-2H3. The lowest BCUT2D eigenvalue weighted by molar-refractivity contribution is 0.184. The molecule has 2 unspecified atom stereocenters. The van der Waals surface area contributed by atoms with Crippen LogP contribution in [-0.4, -0.2) is 35.6 Å². The van der Waals surface area contributed by atoms with E-state index in [1.807, 2.05) is 0 Å². The fraction of sp³-hybridized carbons (Fsp3) is 0.944. The van der Waals surface area contributed by atoms with Gasteiger partial charge in [-0.05, 0) is 64.5 Å². The molecule has 21 heavy (non-hydrogen) atoms. The highest BCUT2D eigenvalue weighted by atomic mass is 15.2. The largest absolute Gasteiger partial charge is 0.300 e. The zero-order valence-electron chi connectivity index (χ0n) is 14.0. The van der Waals surface area contributed by atoms with Gasteiger partial charge in [-0.15, -0.1) is 0 Å². The molecule has 0 radical (unpaired) electrons. The molecule has 0 aromatic heterocycles. The van der Waals surface area contributed by atoms with Gasteiger partial charge in [-0.3, -0.25) is 5.32 Å². The number of rotatable bonds is 8. The van der Waals surface area contributed by atoms with E-state index in [0.717, 1.165) is 25.3 Å². The number of hydrogen-bond acceptors (Lipinski definition) is 3. The van der Waals surface area contributed by atoms with Crippen molar-refractivity contribution in [1.29, 1.82) is 5.26 Å². The predicted molar refractivity (Wildman–Crippen MR) is 88.1 cm³/mol. The maximum Gasteiger partial charge on any atom is 0.106 e. The highest BCUT2D eigenvalue weighted by Gasteiger charge is 2.34. The van der Waals surface area contributed by atoms with Crippen LogP contribution in [0.4, 0.5) is 0 Å². The average molecular weight is 291 g/mol. The first-order valence-electron chi connectivity index (χ1n) is 9.16. The van der Waals surface area contributed by atoms with Crippen molar-refractivity contribution in [2.24, 2.45) is 0 Å². The topological polar surface area (TPSA) is 39.1 Å². The van der Waals surface area contributed by atoms with Crippen LogP contribution in [0.1, 0.15) is 78.1 Å². The number of likely N-dealkylation sites (tertiary alicyclic amines) is 1. The molecule has 2 aliphatic rings. The van der Waals surface area contributed by atoms with Gasteiger partial charge in [-0.25, -0.2) is 0 Å². The summed E-state index contributed by atoms with van der Waals surface area (Å²) in [4.78, 5) is 2.70. The molecule has 1 saturated heterocycles. The molecule has 1 saturated carbocycles. The summed E-state index contributed by atoms with van der Waals surface area (Å²) < 4.78 is 0. The van der Waals surface area contributed by atoms with Crippen molar-refractivity contribution in [3.8, 4) is 6.07 Å². The van der Waals surface area contributed by atoms with Gasteiger partial charge in [0, 0.05) is 12.1 Å². The number of hydrogen-bond donors (Lipinski definition) is 1. The molecule has 1 heterocycles. The van der Waals surface area contributed by atoms with Crippen LogP contribution >= 0.6 is 0 Å². The van der Waals surface area contributed by atoms with E-state index in [2.05, 4.69) is 30.1 Å². The van der Waals surface area contributed by atoms with Crippen LogP contribution in [0.5, 0.6) is 0 Å². The van der Waals surface area contributed by atoms with Gasteiger partial charge in [0.25, 0.3) is 0 Å². The third-order valence-electron chi connectivity index (χ3n) is 5.39. The van der Waals surface area contributed by atoms with Crippen LogP contribution < -0.4 is 5.32 Å². The van der Waals surface area contributed by atoms with Crippen molar-refractivity contribution in [3.05, 3.63) is 0 Å². The quantitative estimate of drug-likeness (QED) is 0.738. The molecule has 2 atom stereocenters. The summed E-state index contributed by atoms with van der Waals surface area (Å²) in [5.74, 6) is 0. The van der Waals surface area contributed by atoms with Gasteiger partial charge < -0.3 is 4.90 Å². The Hall–Kier alpha value is -0.590. The van der Waals surface area contributed by atoms with Gasteiger partial charge in [0.1, 0.15) is 5.54 Å². The highest BCUT2D eigenvalue weighted by Crippen LogP contribution is 2.27. The number of nitrogens with one attached hydrogen (secondary N) is 1. The van der Waals surface area contributed by atoms with Gasteiger partial charge >= 0.3 is 0 Å². The molecule has 1 aliphatic carbocycles. The Balaban J connectivity index is 1.81. The minimum atomic E-state index is -0.269. The monoisotopic (exact) mass is 291 g/mol. The van der Waals surface area contributed by atoms with Crippen molar-refractivity contribution in [2.45, 2.75) is 95.7 Å². The Morgan fingerprint density at radius 2 is 2.00 bits per heavy atom. The van der Waals surface area contributed by atoms with E-state index < -0.39 is 0 Å². The second-order valence-corrected chi connectivity index (χ2v) is 7.02. The second-order valence-electron chi connectivity index (χ2n) is 7.02. The molecule has 1 aliphatic heterocycles. The van der Waals surface area contributed by atoms with Gasteiger partial charge in [-0.2, -0.15) is 5.26 Å². The Kier molecular flexibility index (Phi) is 6.51. The molecular weight excluding hydrogens is 258 g/mol. The molecule has 2 rings (SSSR count). The molecule has 1 N–H and O–H groups in total. The normalized spacial score (nSPS) is 26.8. The maximum atomic E-state index is 9.61. The van der Waals surface area contributed by atoms with Gasteiger partial charge in [0.2, 0.25) is 0 Å². The average Bonchev–Trinajstić information content (AvgIpc) is 3.33. The lowest BCUT2D eigenvalue weighted by Gasteiger charge is -2.31. The van der Waals surface area contributed by atoms with Gasteiger partial charge in [-0.1, -0.05) is 26.7 Å². The van der Waals surface area contributed by atoms with Crippen LogP contribution in [0.2, 0.25) is 0 Å². The van der Waals surface area contributed by atoms with Gasteiger partial charge in [0.05, 0.1) is 6.07 Å². The van der Waals surface area contributed by atoms with Crippen molar-refractivity contribution >= 4 is 0 Å². The fourth-order valence-corrected chi connectivity index (χ4v) is 3.71. The van der Waals surface area contributed by atoms with Crippen LogP contribution in [0.25, 0.3) is 0 Å². The van der Waals surface area contributed by atoms with E-state index >= 15 is 0 Å². The highest BCUT2D eigenvalue weighted by molar-refractivity contribution is 5.09. The molecule has 0 aromatic rings. The molecule has 3 nitrogen and oxygen atoms in total. The van der Waals surface area contributed by atoms with Crippen LogP contribution in [0.3, 0.4) is 0 Å². The summed E-state index contributed by atoms with van der Waals surface area (Å²) in [6.45, 7) is 6.91. The summed E-state index contributed by atoms with van der Waals surface area (Å²) in [5.41, 5.74) is -0.269. The second kappa shape index (κ2) is 8.15. The Morgan fingerprint density at radius 3 is 2.62 bits per heavy atom. The third kappa shape index (κ3) is 4.97. The molecule has 0 spiro atoms. The minimum Gasteiger partial charge on any atom is -0.300 e. The summed E-state index contributed by atoms with van der Waals surface area (Å²) in [5, 5.41) is 13.2. The van der Waals surface area contributed by atoms with Crippen molar-refractivity contribution in [2.75, 3.05) is 13.1 Å². The molecule has 120 valence electrons. The first-order valence-corrected chi connectivity index (χ1v) is 9.16. The zero-order chi connectivity index (χ0) is 15.1. The van der Waals surface area contributed by atoms with E-state index in [0.29, 0.717) is 6.04 Å². The molecule has 0 amide bonds. The van der Waals surface area contributed by atoms with Crippen LogP contribution in [0, 0.1) is 11.3 Å². The molecule has 0 bridgehead atoms. The fourth-order valence-electron chi connectivity index (χ4n) is 3.71. The third-order valence-corrected chi connectivity index (χ3v) is 5.39. The van der Waals surface area contributed by atoms with E-state index in [1.54, 1.807) is 0 Å². The molecule has 0 aromatic carbocycles. The van der Waals surface area contributed by atoms with Crippen molar-refractivity contribution in [3.63, 3.8) is 0 Å². The van der Waals surface area contributed by atoms with Crippen molar-refractivity contribution < 1.29 is 0 Å². The summed E-state index contributed by atoms with van der Waals surface area (Å²) >= 11 is 0. The van der Waals surface area contributed by atoms with Crippen LogP contribution in [-0.2, 0) is 0 Å². The Bertz CT molecular complexity index is 345. The number of nitrogens with zero attached hydrogens (tertiary/aromatic N) is 2. The predicted octanol–water partition coefficient (Wildman–Crippen LogP) is 3.85. The summed E-state index contributed by atoms with van der Waals surface area (Å²) in [6.07, 6.45) is 12.4. The minimum absolute atomic E-state index is 0.269. The maximum absolute atomic E-state index is 9.61. The van der Waals surface area contributed by atoms with E-state index in [9.17, 15) is 5.26 Å². The lowest BCUT2D eigenvalue weighted by Crippen LogP contribution is -2.45. The molecule has 3 heteroatoms. The van der Waals surface area contributed by atoms with E-state index in [4.69, 9.17) is 0 Å². The Morgan fingerprint density at radius 1 is 1.19 bits per heavy atom.